The van der Waals surface area contributed by atoms with E-state index in [9.17, 15) is 8.42 Å². The summed E-state index contributed by atoms with van der Waals surface area (Å²) in [6.45, 7) is 4.62. The second-order valence-electron chi connectivity index (χ2n) is 15.9. The van der Waals surface area contributed by atoms with Gasteiger partial charge in [-0.1, -0.05) is 257 Å². The number of hydrogen-bond donors (Lipinski definition) is 1. The van der Waals surface area contributed by atoms with Crippen molar-refractivity contribution in [2.24, 2.45) is 5.92 Å². The van der Waals surface area contributed by atoms with Crippen LogP contribution in [0.25, 0.3) is 0 Å². The molecule has 50 heavy (non-hydrogen) atoms. The van der Waals surface area contributed by atoms with Gasteiger partial charge in [0.05, 0.1) is 6.61 Å². The van der Waals surface area contributed by atoms with E-state index in [0.29, 0.717) is 0 Å². The zero-order chi connectivity index (χ0) is 36.5. The van der Waals surface area contributed by atoms with Crippen LogP contribution in [-0.2, 0) is 14.6 Å². The van der Waals surface area contributed by atoms with Gasteiger partial charge in [-0.05, 0) is 19.3 Å². The van der Waals surface area contributed by atoms with Crippen LogP contribution in [0.1, 0.15) is 264 Å². The molecule has 0 radical (unpaired) electrons. The van der Waals surface area contributed by atoms with E-state index in [1.165, 1.54) is 231 Å². The summed E-state index contributed by atoms with van der Waals surface area (Å²) in [5, 5.41) is 0. The summed E-state index contributed by atoms with van der Waals surface area (Å²) in [5.41, 5.74) is 0. The summed E-state index contributed by atoms with van der Waals surface area (Å²) < 4.78 is 36.1. The van der Waals surface area contributed by atoms with E-state index in [1.807, 2.05) is 0 Å². The highest BCUT2D eigenvalue weighted by Crippen LogP contribution is 2.19. The second kappa shape index (κ2) is 41.4. The molecule has 0 aliphatic rings. The molecular formula is C45H90O4S. The molecule has 0 heterocycles. The van der Waals surface area contributed by atoms with Gasteiger partial charge in [-0.2, -0.15) is 8.42 Å². The van der Waals surface area contributed by atoms with E-state index < -0.39 is 10.4 Å². The number of rotatable bonds is 43. The Kier molecular flexibility index (Phi) is 41.0. The first-order valence-electron chi connectivity index (χ1n) is 22.8. The second-order valence-corrected chi connectivity index (χ2v) is 16.9. The van der Waals surface area contributed by atoms with Crippen molar-refractivity contribution in [2.75, 3.05) is 6.61 Å². The van der Waals surface area contributed by atoms with Crippen LogP contribution in [0.5, 0.6) is 0 Å². The summed E-state index contributed by atoms with van der Waals surface area (Å²) in [6.07, 6.45) is 57.4. The summed E-state index contributed by atoms with van der Waals surface area (Å²) in [5.74, 6) is 0.0544. The average molecular weight is 727 g/mol. The molecule has 0 rings (SSSR count). The Hall–Kier alpha value is -0.390. The molecule has 0 aliphatic carbocycles. The standard InChI is InChI=1S/C45H90O4S/c1-3-5-7-9-11-13-15-17-19-20-21-22-23-24-25-26-27-28-29-31-33-35-37-39-41-43-45(44-49-50(46,47)48)42-40-38-36-34-32-30-18-16-14-12-10-8-6-4-2/h40,42,45H,3-39,41,43-44H2,1-2H3,(H,46,47,48)/b42-40+. The smallest absolute Gasteiger partial charge is 0.264 e. The maximum atomic E-state index is 11.1. The number of hydrogen-bond acceptors (Lipinski definition) is 3. The zero-order valence-electron chi connectivity index (χ0n) is 34.1. The SMILES string of the molecule is CCCCCCCCCCCCCC/C=C/C(CCCCCCCCCCCCCCCCCCCCCCCCCCC)COS(=O)(=O)O. The third-order valence-electron chi connectivity index (χ3n) is 10.7. The van der Waals surface area contributed by atoms with Gasteiger partial charge in [0.25, 0.3) is 0 Å². The molecule has 4 nitrogen and oxygen atoms in total. The monoisotopic (exact) mass is 727 g/mol. The molecule has 0 aromatic rings. The molecule has 0 saturated carbocycles. The third kappa shape index (κ3) is 43.8. The lowest BCUT2D eigenvalue weighted by Crippen LogP contribution is -2.12. The lowest BCUT2D eigenvalue weighted by molar-refractivity contribution is 0.234. The Morgan fingerprint density at radius 3 is 0.960 bits per heavy atom. The molecule has 0 saturated heterocycles. The molecule has 0 bridgehead atoms. The Labute approximate surface area is 315 Å². The Morgan fingerprint density at radius 1 is 0.420 bits per heavy atom. The van der Waals surface area contributed by atoms with Gasteiger partial charge in [-0.3, -0.25) is 4.55 Å². The van der Waals surface area contributed by atoms with E-state index >= 15 is 0 Å². The van der Waals surface area contributed by atoms with E-state index in [2.05, 4.69) is 26.0 Å². The van der Waals surface area contributed by atoms with Gasteiger partial charge >= 0.3 is 10.4 Å². The topological polar surface area (TPSA) is 63.6 Å². The van der Waals surface area contributed by atoms with Crippen LogP contribution < -0.4 is 0 Å². The van der Waals surface area contributed by atoms with Crippen LogP contribution in [0.4, 0.5) is 0 Å². The molecule has 1 unspecified atom stereocenters. The van der Waals surface area contributed by atoms with E-state index in [4.69, 9.17) is 8.74 Å². The molecule has 5 heteroatoms. The molecule has 300 valence electrons. The molecule has 0 aromatic carbocycles. The van der Waals surface area contributed by atoms with Gasteiger partial charge in [0.1, 0.15) is 0 Å². The molecule has 0 amide bonds. The van der Waals surface area contributed by atoms with E-state index in [1.54, 1.807) is 0 Å². The maximum absolute atomic E-state index is 11.1. The highest BCUT2D eigenvalue weighted by atomic mass is 32.3. The third-order valence-corrected chi connectivity index (χ3v) is 11.2. The number of allylic oxidation sites excluding steroid dienone is 1. The van der Waals surface area contributed by atoms with Gasteiger partial charge in [-0.25, -0.2) is 4.18 Å². The van der Waals surface area contributed by atoms with Crippen LogP contribution >= 0.6 is 0 Å². The van der Waals surface area contributed by atoms with Gasteiger partial charge in [-0.15, -0.1) is 0 Å². The summed E-state index contributed by atoms with van der Waals surface area (Å²) in [4.78, 5) is 0. The van der Waals surface area contributed by atoms with Gasteiger partial charge < -0.3 is 0 Å². The highest BCUT2D eigenvalue weighted by Gasteiger charge is 2.11. The van der Waals surface area contributed by atoms with Crippen molar-refractivity contribution < 1.29 is 17.2 Å². The first-order valence-corrected chi connectivity index (χ1v) is 24.1. The molecule has 1 N–H and O–H groups in total. The average Bonchev–Trinajstić information content (AvgIpc) is 3.10. The normalized spacial score (nSPS) is 12.8. The van der Waals surface area contributed by atoms with Crippen molar-refractivity contribution in [1.82, 2.24) is 0 Å². The van der Waals surface area contributed by atoms with Gasteiger partial charge in [0.2, 0.25) is 0 Å². The first kappa shape index (κ1) is 49.6. The Morgan fingerprint density at radius 2 is 0.680 bits per heavy atom. The van der Waals surface area contributed by atoms with Crippen molar-refractivity contribution in [2.45, 2.75) is 264 Å². The van der Waals surface area contributed by atoms with E-state index in [0.717, 1.165) is 19.3 Å². The largest absolute Gasteiger partial charge is 0.397 e. The minimum absolute atomic E-state index is 0.0488. The quantitative estimate of drug-likeness (QED) is 0.0386. The van der Waals surface area contributed by atoms with Crippen LogP contribution in [0.2, 0.25) is 0 Å². The lowest BCUT2D eigenvalue weighted by Gasteiger charge is -2.12. The zero-order valence-corrected chi connectivity index (χ0v) is 34.9. The van der Waals surface area contributed by atoms with Crippen molar-refractivity contribution in [3.05, 3.63) is 12.2 Å². The van der Waals surface area contributed by atoms with Crippen molar-refractivity contribution >= 4 is 10.4 Å². The van der Waals surface area contributed by atoms with Crippen molar-refractivity contribution in [3.63, 3.8) is 0 Å². The predicted octanol–water partition coefficient (Wildman–Crippen LogP) is 16.2. The molecular weight excluding hydrogens is 637 g/mol. The van der Waals surface area contributed by atoms with Crippen LogP contribution in [0, 0.1) is 5.92 Å². The molecule has 0 fully saturated rings. The minimum atomic E-state index is -4.38. The van der Waals surface area contributed by atoms with Crippen molar-refractivity contribution in [1.29, 1.82) is 0 Å². The summed E-state index contributed by atoms with van der Waals surface area (Å²) in [7, 11) is -4.38. The Balaban J connectivity index is 3.60. The lowest BCUT2D eigenvalue weighted by atomic mass is 9.99. The molecule has 0 aliphatic heterocycles. The van der Waals surface area contributed by atoms with Crippen LogP contribution in [-0.4, -0.2) is 19.6 Å². The first-order chi connectivity index (χ1) is 24.5. The van der Waals surface area contributed by atoms with Gasteiger partial charge in [0, 0.05) is 5.92 Å². The summed E-state index contributed by atoms with van der Waals surface area (Å²) in [6, 6.07) is 0. The Bertz CT molecular complexity index is 765. The molecule has 1 atom stereocenters. The fourth-order valence-corrected chi connectivity index (χ4v) is 7.69. The fraction of sp³-hybridized carbons (Fsp3) is 0.956. The molecule has 0 aromatic heterocycles. The minimum Gasteiger partial charge on any atom is -0.264 e. The van der Waals surface area contributed by atoms with E-state index in [-0.39, 0.29) is 12.5 Å². The van der Waals surface area contributed by atoms with Gasteiger partial charge in [0.15, 0.2) is 0 Å². The summed E-state index contributed by atoms with van der Waals surface area (Å²) >= 11 is 0. The fourth-order valence-electron chi connectivity index (χ4n) is 7.35. The predicted molar refractivity (Wildman–Crippen MR) is 222 cm³/mol. The maximum Gasteiger partial charge on any atom is 0.397 e. The van der Waals surface area contributed by atoms with Crippen molar-refractivity contribution in [3.8, 4) is 0 Å². The van der Waals surface area contributed by atoms with Crippen LogP contribution in [0.15, 0.2) is 12.2 Å². The number of unbranched alkanes of at least 4 members (excludes halogenated alkanes) is 36. The van der Waals surface area contributed by atoms with Crippen LogP contribution in [0.3, 0.4) is 0 Å². The molecule has 0 spiro atoms. The highest BCUT2D eigenvalue weighted by molar-refractivity contribution is 7.80.